The molecule has 3 aromatic carbocycles. The molecule has 0 saturated carbocycles. The number of hydrazine groups is 1. The molecule has 0 bridgehead atoms. The first kappa shape index (κ1) is 24.5. The Morgan fingerprint density at radius 1 is 0.917 bits per heavy atom. The zero-order valence-corrected chi connectivity index (χ0v) is 19.8. The van der Waals surface area contributed by atoms with Crippen LogP contribution in [0.2, 0.25) is 0 Å². The van der Waals surface area contributed by atoms with E-state index in [-0.39, 0.29) is 18.4 Å². The highest BCUT2D eigenvalue weighted by molar-refractivity contribution is 6.23. The van der Waals surface area contributed by atoms with Crippen LogP contribution < -0.4 is 19.8 Å². The second-order valence-corrected chi connectivity index (χ2v) is 7.98. The highest BCUT2D eigenvalue weighted by Gasteiger charge is 2.45. The van der Waals surface area contributed by atoms with Crippen LogP contribution in [0.3, 0.4) is 0 Å². The molecule has 0 radical (unpaired) electrons. The summed E-state index contributed by atoms with van der Waals surface area (Å²) in [4.78, 5) is 52.6. The van der Waals surface area contributed by atoms with Gasteiger partial charge in [-0.15, -0.1) is 0 Å². The number of imide groups is 1. The van der Waals surface area contributed by atoms with E-state index in [0.717, 1.165) is 9.91 Å². The van der Waals surface area contributed by atoms with Crippen molar-refractivity contribution in [2.75, 3.05) is 12.0 Å². The van der Waals surface area contributed by atoms with Crippen molar-refractivity contribution >= 4 is 29.3 Å². The summed E-state index contributed by atoms with van der Waals surface area (Å²) in [5.41, 5.74) is 3.12. The Morgan fingerprint density at radius 2 is 1.53 bits per heavy atom. The zero-order valence-electron chi connectivity index (χ0n) is 19.8. The SMILES string of the molecule is CCC(=O)N(NC(=O)c1ccc(OC)cc1)C1CC(=O)N(c2ccc(Oc3ccccc3)cc2)C1=O. The maximum absolute atomic E-state index is 13.3. The topological polar surface area (TPSA) is 105 Å². The summed E-state index contributed by atoms with van der Waals surface area (Å²) < 4.78 is 10.9. The van der Waals surface area contributed by atoms with Gasteiger partial charge in [0.1, 0.15) is 23.3 Å². The van der Waals surface area contributed by atoms with Crippen LogP contribution in [-0.4, -0.2) is 41.8 Å². The van der Waals surface area contributed by atoms with E-state index in [4.69, 9.17) is 9.47 Å². The van der Waals surface area contributed by atoms with Gasteiger partial charge < -0.3 is 9.47 Å². The number of hydrogen-bond acceptors (Lipinski definition) is 6. The fourth-order valence-corrected chi connectivity index (χ4v) is 3.78. The Hall–Kier alpha value is -4.66. The van der Waals surface area contributed by atoms with Crippen LogP contribution in [0.4, 0.5) is 5.69 Å². The van der Waals surface area contributed by atoms with Gasteiger partial charge in [0.25, 0.3) is 11.8 Å². The first-order valence-electron chi connectivity index (χ1n) is 11.4. The predicted molar refractivity (Wildman–Crippen MR) is 131 cm³/mol. The number of amides is 4. The Labute approximate surface area is 208 Å². The lowest BCUT2D eigenvalue weighted by molar-refractivity contribution is -0.140. The largest absolute Gasteiger partial charge is 0.497 e. The van der Waals surface area contributed by atoms with E-state index >= 15 is 0 Å². The number of ether oxygens (including phenoxy) is 2. The minimum atomic E-state index is -1.16. The third-order valence-corrected chi connectivity index (χ3v) is 5.65. The first-order chi connectivity index (χ1) is 17.4. The molecule has 1 saturated heterocycles. The fourth-order valence-electron chi connectivity index (χ4n) is 3.78. The Balaban J connectivity index is 1.50. The van der Waals surface area contributed by atoms with Gasteiger partial charge >= 0.3 is 0 Å². The minimum Gasteiger partial charge on any atom is -0.497 e. The van der Waals surface area contributed by atoms with Crippen LogP contribution in [0.5, 0.6) is 17.2 Å². The summed E-state index contributed by atoms with van der Waals surface area (Å²) in [6, 6.07) is 20.8. The van der Waals surface area contributed by atoms with Crippen LogP contribution in [0.1, 0.15) is 30.1 Å². The standard InChI is InChI=1S/C27H25N3O6/c1-3-24(31)30(28-26(33)18-9-13-20(35-2)14-10-18)23-17-25(32)29(27(23)34)19-11-15-22(16-12-19)36-21-7-5-4-6-8-21/h4-16,23H,3,17H2,1-2H3,(H,28,33). The van der Waals surface area contributed by atoms with E-state index in [9.17, 15) is 19.2 Å². The van der Waals surface area contributed by atoms with Gasteiger partial charge in [0, 0.05) is 12.0 Å². The van der Waals surface area contributed by atoms with Crippen molar-refractivity contribution < 1.29 is 28.7 Å². The molecule has 1 fully saturated rings. The highest BCUT2D eigenvalue weighted by Crippen LogP contribution is 2.29. The van der Waals surface area contributed by atoms with Crippen molar-refractivity contribution in [2.24, 2.45) is 0 Å². The molecule has 1 atom stereocenters. The van der Waals surface area contributed by atoms with Crippen molar-refractivity contribution in [3.63, 3.8) is 0 Å². The third-order valence-electron chi connectivity index (χ3n) is 5.65. The number of nitrogens with zero attached hydrogens (tertiary/aromatic N) is 2. The summed E-state index contributed by atoms with van der Waals surface area (Å²) in [6.07, 6.45) is -0.220. The maximum atomic E-state index is 13.3. The van der Waals surface area contributed by atoms with Crippen LogP contribution in [0.25, 0.3) is 0 Å². The molecule has 9 heteroatoms. The number of para-hydroxylation sites is 1. The molecule has 0 spiro atoms. The molecule has 3 aromatic rings. The van der Waals surface area contributed by atoms with Gasteiger partial charge in [-0.2, -0.15) is 0 Å². The maximum Gasteiger partial charge on any atom is 0.269 e. The number of carbonyl (C=O) groups excluding carboxylic acids is 4. The number of anilines is 1. The average molecular weight is 488 g/mol. The van der Waals surface area contributed by atoms with Crippen LogP contribution >= 0.6 is 0 Å². The van der Waals surface area contributed by atoms with Crippen molar-refractivity contribution in [1.82, 2.24) is 10.4 Å². The monoisotopic (exact) mass is 487 g/mol. The van der Waals surface area contributed by atoms with Gasteiger partial charge in [-0.05, 0) is 60.7 Å². The molecule has 184 valence electrons. The molecule has 1 heterocycles. The molecule has 1 N–H and O–H groups in total. The number of nitrogens with one attached hydrogen (secondary N) is 1. The zero-order chi connectivity index (χ0) is 25.7. The average Bonchev–Trinajstić information content (AvgIpc) is 3.21. The minimum absolute atomic E-state index is 0.0341. The van der Waals surface area contributed by atoms with E-state index in [1.165, 1.54) is 19.2 Å². The van der Waals surface area contributed by atoms with Crippen molar-refractivity contribution in [1.29, 1.82) is 0 Å². The van der Waals surface area contributed by atoms with Crippen molar-refractivity contribution in [3.8, 4) is 17.2 Å². The Morgan fingerprint density at radius 3 is 2.14 bits per heavy atom. The molecule has 36 heavy (non-hydrogen) atoms. The van der Waals surface area contributed by atoms with Crippen LogP contribution in [0.15, 0.2) is 78.9 Å². The Bertz CT molecular complexity index is 1260. The summed E-state index contributed by atoms with van der Waals surface area (Å²) in [5, 5.41) is 0.958. The van der Waals surface area contributed by atoms with Gasteiger partial charge in [0.2, 0.25) is 11.8 Å². The normalized spacial score (nSPS) is 14.9. The van der Waals surface area contributed by atoms with E-state index < -0.39 is 29.7 Å². The van der Waals surface area contributed by atoms with Crippen LogP contribution in [0, 0.1) is 0 Å². The molecule has 1 aliphatic heterocycles. The van der Waals surface area contributed by atoms with E-state index in [0.29, 0.717) is 22.9 Å². The van der Waals surface area contributed by atoms with Gasteiger partial charge in [-0.1, -0.05) is 25.1 Å². The number of methoxy groups -OCH3 is 1. The van der Waals surface area contributed by atoms with Gasteiger partial charge in [-0.25, -0.2) is 9.91 Å². The lowest BCUT2D eigenvalue weighted by Gasteiger charge is -2.27. The molecule has 0 aliphatic carbocycles. The second kappa shape index (κ2) is 10.7. The molecule has 1 aliphatic rings. The summed E-state index contributed by atoms with van der Waals surface area (Å²) in [6.45, 7) is 1.61. The Kier molecular flexibility index (Phi) is 7.29. The number of carbonyl (C=O) groups is 4. The van der Waals surface area contributed by atoms with Crippen molar-refractivity contribution in [3.05, 3.63) is 84.4 Å². The quantitative estimate of drug-likeness (QED) is 0.403. The lowest BCUT2D eigenvalue weighted by atomic mass is 10.2. The van der Waals surface area contributed by atoms with E-state index in [1.807, 2.05) is 30.3 Å². The summed E-state index contributed by atoms with van der Waals surface area (Å²) in [5.74, 6) is -0.393. The molecule has 0 aromatic heterocycles. The van der Waals surface area contributed by atoms with E-state index in [1.54, 1.807) is 43.3 Å². The third kappa shape index (κ3) is 5.20. The van der Waals surface area contributed by atoms with Gasteiger partial charge in [0.15, 0.2) is 0 Å². The molecule has 4 rings (SSSR count). The molecule has 1 unspecified atom stereocenters. The second-order valence-electron chi connectivity index (χ2n) is 7.98. The van der Waals surface area contributed by atoms with Crippen LogP contribution in [-0.2, 0) is 14.4 Å². The number of benzene rings is 3. The van der Waals surface area contributed by atoms with Gasteiger partial charge in [-0.3, -0.25) is 24.6 Å². The molecular weight excluding hydrogens is 462 g/mol. The predicted octanol–water partition coefficient (Wildman–Crippen LogP) is 3.70. The van der Waals surface area contributed by atoms with Gasteiger partial charge in [0.05, 0.1) is 19.2 Å². The first-order valence-corrected chi connectivity index (χ1v) is 11.4. The number of hydrogen-bond donors (Lipinski definition) is 1. The summed E-state index contributed by atoms with van der Waals surface area (Å²) in [7, 11) is 1.51. The van der Waals surface area contributed by atoms with Crippen molar-refractivity contribution in [2.45, 2.75) is 25.8 Å². The molecule has 4 amide bonds. The molecule has 9 nitrogen and oxygen atoms in total. The summed E-state index contributed by atoms with van der Waals surface area (Å²) >= 11 is 0. The lowest BCUT2D eigenvalue weighted by Crippen LogP contribution is -2.54. The smallest absolute Gasteiger partial charge is 0.269 e. The van der Waals surface area contributed by atoms with E-state index in [2.05, 4.69) is 5.43 Å². The molecular formula is C27H25N3O6. The fraction of sp³-hybridized carbons (Fsp3) is 0.185. The highest BCUT2D eigenvalue weighted by atomic mass is 16.5. The number of rotatable bonds is 7.